The number of nitrogens with zero attached hydrogens (tertiary/aromatic N) is 4. The number of benzene rings is 3. The van der Waals surface area contributed by atoms with Crippen LogP contribution in [-0.4, -0.2) is 118 Å². The van der Waals surface area contributed by atoms with Crippen LogP contribution in [0.3, 0.4) is 0 Å². The molecule has 20 nitrogen and oxygen atoms in total. The molecule has 71 heavy (non-hydrogen) atoms. The van der Waals surface area contributed by atoms with Gasteiger partial charge in [0.25, 0.3) is 5.91 Å². The molecule has 5 amide bonds. The van der Waals surface area contributed by atoms with Gasteiger partial charge >= 0.3 is 24.4 Å². The highest BCUT2D eigenvalue weighted by molar-refractivity contribution is 6.09. The second-order valence-corrected chi connectivity index (χ2v) is 21.9. The number of phenolic OH excluding ortho intramolecular Hbond substituents is 1. The van der Waals surface area contributed by atoms with Crippen LogP contribution in [0, 0.1) is 0 Å². The molecule has 4 aromatic rings. The average Bonchev–Trinajstić information content (AvgIpc) is 3.21. The summed E-state index contributed by atoms with van der Waals surface area (Å²) in [6.45, 7) is 22.2. The van der Waals surface area contributed by atoms with Gasteiger partial charge in [0.2, 0.25) is 5.95 Å². The predicted octanol–water partition coefficient (Wildman–Crippen LogP) is 8.32. The van der Waals surface area contributed by atoms with Gasteiger partial charge in [-0.1, -0.05) is 30.3 Å². The normalized spacial score (nSPS) is 18.6. The van der Waals surface area contributed by atoms with Crippen molar-refractivity contribution >= 4 is 70.0 Å². The molecule has 0 unspecified atom stereocenters. The number of hydrogen-bond acceptors (Lipinski definition) is 15. The van der Waals surface area contributed by atoms with Crippen molar-refractivity contribution < 1.29 is 48.0 Å². The van der Waals surface area contributed by atoms with Crippen molar-refractivity contribution in [2.45, 2.75) is 142 Å². The minimum Gasteiger partial charge on any atom is -0.506 e. The number of aromatic nitrogens is 2. The van der Waals surface area contributed by atoms with Crippen molar-refractivity contribution in [2.24, 2.45) is 0 Å². The molecule has 3 aromatic carbocycles. The number of ether oxygens (including phenoxy) is 4. The summed E-state index contributed by atoms with van der Waals surface area (Å²) in [6.07, 6.45) is -1.83. The van der Waals surface area contributed by atoms with Crippen LogP contribution in [0.15, 0.2) is 66.7 Å². The van der Waals surface area contributed by atoms with Crippen LogP contribution < -0.4 is 41.7 Å². The van der Waals surface area contributed by atoms with E-state index in [0.717, 1.165) is 5.39 Å². The topological polar surface area (TPSA) is 247 Å². The van der Waals surface area contributed by atoms with Gasteiger partial charge in [0.1, 0.15) is 39.8 Å². The Morgan fingerprint density at radius 2 is 0.972 bits per heavy atom. The zero-order valence-electron chi connectivity index (χ0n) is 42.8. The van der Waals surface area contributed by atoms with Gasteiger partial charge in [-0.3, -0.25) is 4.79 Å². The fourth-order valence-electron chi connectivity index (χ4n) is 8.07. The standard InChI is InChI=1S/C51H70N10O10/c1-48(2,3)68-44(64)54-33-23-34(55-45(65)69-49(4,5)6)27-60(26-33)40-25-39(52-31-18-20-32(21-19-31)53-42(63)38-22-17-30-15-13-14-16-37(30)41(38)62)58-43(59-40)61-28-35(56-46(66)70-50(7,8)9)24-36(29-61)57-47(67)71-51(10,11)12/h13-22,25,33-36,62H,23-24,26-29H2,1-12H3,(H,53,63)(H,54,64)(H,55,65)(H,56,66)(H,57,67)(H,52,58,59)/t33-,34-,35-,36+/m0/s1. The number of phenols is 1. The van der Waals surface area contributed by atoms with Crippen molar-refractivity contribution in [1.82, 2.24) is 31.2 Å². The molecule has 0 spiro atoms. The van der Waals surface area contributed by atoms with Gasteiger partial charge in [-0.05, 0) is 132 Å². The number of piperidine rings is 2. The molecule has 2 aliphatic heterocycles. The highest BCUT2D eigenvalue weighted by Crippen LogP contribution is 2.31. The van der Waals surface area contributed by atoms with E-state index in [1.807, 2.05) is 21.9 Å². The average molecular weight is 983 g/mol. The summed E-state index contributed by atoms with van der Waals surface area (Å²) in [5, 5.41) is 30.4. The summed E-state index contributed by atoms with van der Waals surface area (Å²) in [4.78, 5) is 79.8. The van der Waals surface area contributed by atoms with Gasteiger partial charge < -0.3 is 65.8 Å². The van der Waals surface area contributed by atoms with Crippen molar-refractivity contribution in [3.8, 4) is 5.75 Å². The number of amides is 5. The number of anilines is 5. The van der Waals surface area contributed by atoms with Crippen molar-refractivity contribution in [3.05, 3.63) is 72.3 Å². The molecule has 20 heteroatoms. The number of fused-ring (bicyclic) bond motifs is 1. The molecule has 4 atom stereocenters. The van der Waals surface area contributed by atoms with Crippen LogP contribution in [0.5, 0.6) is 5.75 Å². The van der Waals surface area contributed by atoms with Crippen LogP contribution >= 0.6 is 0 Å². The Hall–Kier alpha value is -7.25. The van der Waals surface area contributed by atoms with Gasteiger partial charge in [0.05, 0.1) is 29.7 Å². The van der Waals surface area contributed by atoms with Crippen LogP contribution in [-0.2, 0) is 18.9 Å². The lowest BCUT2D eigenvalue weighted by Crippen LogP contribution is -2.59. The third-order valence-electron chi connectivity index (χ3n) is 10.7. The molecule has 2 aliphatic rings. The quantitative estimate of drug-likeness (QED) is 0.0739. The lowest BCUT2D eigenvalue weighted by molar-refractivity contribution is 0.0452. The molecule has 2 saturated heterocycles. The van der Waals surface area contributed by atoms with Crippen molar-refractivity contribution in [1.29, 1.82) is 0 Å². The fourth-order valence-corrected chi connectivity index (χ4v) is 8.07. The molecule has 6 rings (SSSR count). The first kappa shape index (κ1) is 53.1. The highest BCUT2D eigenvalue weighted by atomic mass is 16.6. The Balaban J connectivity index is 1.34. The Bertz CT molecular complexity index is 2390. The van der Waals surface area contributed by atoms with E-state index < -0.39 is 76.9 Å². The summed E-state index contributed by atoms with van der Waals surface area (Å²) in [7, 11) is 0. The molecule has 0 bridgehead atoms. The fraction of sp³-hybridized carbons (Fsp3) is 0.510. The maximum Gasteiger partial charge on any atom is 0.407 e. The van der Waals surface area contributed by atoms with E-state index in [0.29, 0.717) is 41.2 Å². The highest BCUT2D eigenvalue weighted by Gasteiger charge is 2.36. The first-order valence-electron chi connectivity index (χ1n) is 23.8. The lowest BCUT2D eigenvalue weighted by Gasteiger charge is -2.40. The Labute approximate surface area is 415 Å². The molecule has 2 fully saturated rings. The Morgan fingerprint density at radius 1 is 0.549 bits per heavy atom. The van der Waals surface area contributed by atoms with Gasteiger partial charge in [-0.15, -0.1) is 0 Å². The molecule has 0 radical (unpaired) electrons. The van der Waals surface area contributed by atoms with Crippen molar-refractivity contribution in [3.63, 3.8) is 0 Å². The van der Waals surface area contributed by atoms with Gasteiger partial charge in [0, 0.05) is 49.0 Å². The first-order chi connectivity index (χ1) is 33.0. The van der Waals surface area contributed by atoms with Gasteiger partial charge in [-0.2, -0.15) is 9.97 Å². The summed E-state index contributed by atoms with van der Waals surface area (Å²) < 4.78 is 22.4. The molecule has 1 aromatic heterocycles. The Kier molecular flexibility index (Phi) is 16.0. The number of carbonyl (C=O) groups is 5. The first-order valence-corrected chi connectivity index (χ1v) is 23.8. The smallest absolute Gasteiger partial charge is 0.407 e. The molecule has 0 aliphatic carbocycles. The lowest BCUT2D eigenvalue weighted by atomic mass is 10.0. The zero-order chi connectivity index (χ0) is 52.1. The van der Waals surface area contributed by atoms with Crippen LogP contribution in [0.2, 0.25) is 0 Å². The molecular formula is C51H70N10O10. The van der Waals surface area contributed by atoms with Gasteiger partial charge in [-0.25, -0.2) is 19.2 Å². The second kappa shape index (κ2) is 21.4. The molecule has 384 valence electrons. The monoisotopic (exact) mass is 983 g/mol. The summed E-state index contributed by atoms with van der Waals surface area (Å²) in [6, 6.07) is 17.1. The van der Waals surface area contributed by atoms with Crippen molar-refractivity contribution in [2.75, 3.05) is 46.6 Å². The third kappa shape index (κ3) is 16.4. The molecule has 3 heterocycles. The van der Waals surface area contributed by atoms with Crippen LogP contribution in [0.25, 0.3) is 10.8 Å². The van der Waals surface area contributed by atoms with E-state index in [2.05, 4.69) is 31.9 Å². The summed E-state index contributed by atoms with van der Waals surface area (Å²) in [5.74, 6) is 0.395. The van der Waals surface area contributed by atoms with E-state index in [1.54, 1.807) is 138 Å². The van der Waals surface area contributed by atoms with E-state index in [-0.39, 0.29) is 43.4 Å². The second-order valence-electron chi connectivity index (χ2n) is 21.9. The largest absolute Gasteiger partial charge is 0.506 e. The predicted molar refractivity (Wildman–Crippen MR) is 272 cm³/mol. The van der Waals surface area contributed by atoms with E-state index >= 15 is 0 Å². The zero-order valence-corrected chi connectivity index (χ0v) is 42.8. The maximum absolute atomic E-state index is 13.4. The maximum atomic E-state index is 13.4. The Morgan fingerprint density at radius 3 is 1.42 bits per heavy atom. The summed E-state index contributed by atoms with van der Waals surface area (Å²) in [5.41, 5.74) is -1.88. The summed E-state index contributed by atoms with van der Waals surface area (Å²) >= 11 is 0. The number of carbonyl (C=O) groups excluding carboxylic acids is 5. The van der Waals surface area contributed by atoms with E-state index in [4.69, 9.17) is 28.9 Å². The van der Waals surface area contributed by atoms with Crippen LogP contribution in [0.1, 0.15) is 106 Å². The molecular weight excluding hydrogens is 913 g/mol. The molecule has 0 saturated carbocycles. The van der Waals surface area contributed by atoms with Crippen LogP contribution in [0.4, 0.5) is 48.1 Å². The molecule has 7 N–H and O–H groups in total. The minimum absolute atomic E-state index is 0.116. The number of aromatic hydroxyl groups is 1. The van der Waals surface area contributed by atoms with E-state index in [9.17, 15) is 29.1 Å². The van der Waals surface area contributed by atoms with E-state index in [1.165, 1.54) is 0 Å². The van der Waals surface area contributed by atoms with Gasteiger partial charge in [0.15, 0.2) is 0 Å². The number of rotatable bonds is 10. The number of hydrogen-bond donors (Lipinski definition) is 7. The SMILES string of the molecule is CC(C)(C)OC(=O)N[C@@H]1C[C@H](NC(=O)OC(C)(C)C)CN(c2nc(Nc3ccc(NC(=O)c4ccc5ccccc5c4O)cc3)cc(N3C[C@@H](NC(=O)OC(C)(C)C)C[C@H](NC(=O)OC(C)(C)C)C3)n2)C1. The number of nitrogens with one attached hydrogen (secondary N) is 6. The minimum atomic E-state index is -0.768. The number of alkyl carbamates (subject to hydrolysis) is 4. The third-order valence-corrected chi connectivity index (χ3v) is 10.7.